The summed E-state index contributed by atoms with van der Waals surface area (Å²) in [6.07, 6.45) is 0.964. The van der Waals surface area contributed by atoms with E-state index in [0.29, 0.717) is 37.6 Å². The van der Waals surface area contributed by atoms with Crippen molar-refractivity contribution in [1.82, 2.24) is 10.2 Å². The van der Waals surface area contributed by atoms with Crippen molar-refractivity contribution in [2.45, 2.75) is 36.6 Å². The number of thioether (sulfide) groups is 1. The standard InChI is InChI=1S/C19H27N3O4S/c1-13(2)26-9-3-6-20-17(23)14-4-5-16-15(12-14)21-18(24)19(27-16)22-7-10-25-11-8-22/h4-5,12-13,19H,3,6-11H2,1-2H3,(H,20,23)(H,21,24). The number of carbonyl (C=O) groups is 2. The van der Waals surface area contributed by atoms with E-state index < -0.39 is 0 Å². The maximum Gasteiger partial charge on any atom is 0.252 e. The average Bonchev–Trinajstić information content (AvgIpc) is 2.67. The molecular weight excluding hydrogens is 366 g/mol. The van der Waals surface area contributed by atoms with E-state index in [1.54, 1.807) is 12.1 Å². The third-order valence-corrected chi connectivity index (χ3v) is 5.74. The molecule has 0 aliphatic carbocycles. The highest BCUT2D eigenvalue weighted by atomic mass is 32.2. The van der Waals surface area contributed by atoms with Gasteiger partial charge in [-0.15, -0.1) is 0 Å². The second-order valence-electron chi connectivity index (χ2n) is 6.85. The largest absolute Gasteiger partial charge is 0.379 e. The fourth-order valence-corrected chi connectivity index (χ4v) is 4.14. The number of carbonyl (C=O) groups excluding carboxylic acids is 2. The van der Waals surface area contributed by atoms with Crippen LogP contribution in [-0.2, 0) is 14.3 Å². The van der Waals surface area contributed by atoms with Crippen LogP contribution in [-0.4, -0.2) is 67.6 Å². The van der Waals surface area contributed by atoms with Crippen LogP contribution in [0.5, 0.6) is 0 Å². The number of fused-ring (bicyclic) bond motifs is 1. The van der Waals surface area contributed by atoms with Gasteiger partial charge in [0.1, 0.15) is 5.37 Å². The van der Waals surface area contributed by atoms with E-state index in [0.717, 1.165) is 24.4 Å². The summed E-state index contributed by atoms with van der Waals surface area (Å²) in [7, 11) is 0. The molecule has 2 amide bonds. The minimum absolute atomic E-state index is 0.0437. The molecule has 3 rings (SSSR count). The Morgan fingerprint density at radius 1 is 1.41 bits per heavy atom. The van der Waals surface area contributed by atoms with Crippen molar-refractivity contribution in [2.24, 2.45) is 0 Å². The Morgan fingerprint density at radius 2 is 2.19 bits per heavy atom. The second kappa shape index (κ2) is 9.54. The molecule has 27 heavy (non-hydrogen) atoms. The van der Waals surface area contributed by atoms with Gasteiger partial charge in [0.2, 0.25) is 0 Å². The number of rotatable bonds is 7. The van der Waals surface area contributed by atoms with Crippen molar-refractivity contribution in [1.29, 1.82) is 0 Å². The first-order chi connectivity index (χ1) is 13.0. The SMILES string of the molecule is CC(C)OCCCNC(=O)c1ccc2c(c1)NC(=O)C(N1CCOCC1)S2. The first-order valence-corrected chi connectivity index (χ1v) is 10.3. The monoisotopic (exact) mass is 393 g/mol. The number of morpholine rings is 1. The van der Waals surface area contributed by atoms with Gasteiger partial charge < -0.3 is 20.1 Å². The second-order valence-corrected chi connectivity index (χ2v) is 7.97. The van der Waals surface area contributed by atoms with Crippen molar-refractivity contribution in [3.8, 4) is 0 Å². The third-order valence-electron chi connectivity index (χ3n) is 4.40. The molecule has 2 heterocycles. The van der Waals surface area contributed by atoms with Gasteiger partial charge in [0.05, 0.1) is 25.0 Å². The van der Waals surface area contributed by atoms with E-state index >= 15 is 0 Å². The van der Waals surface area contributed by atoms with E-state index in [1.165, 1.54) is 11.8 Å². The molecule has 0 aromatic heterocycles. The highest BCUT2D eigenvalue weighted by Crippen LogP contribution is 2.37. The lowest BCUT2D eigenvalue weighted by Crippen LogP contribution is -2.48. The molecule has 1 saturated heterocycles. The van der Waals surface area contributed by atoms with Gasteiger partial charge in [-0.3, -0.25) is 14.5 Å². The molecule has 0 saturated carbocycles. The van der Waals surface area contributed by atoms with Crippen molar-refractivity contribution >= 4 is 29.3 Å². The minimum atomic E-state index is -0.248. The summed E-state index contributed by atoms with van der Waals surface area (Å²) in [5, 5.41) is 5.59. The van der Waals surface area contributed by atoms with Gasteiger partial charge in [0.25, 0.3) is 11.8 Å². The lowest BCUT2D eigenvalue weighted by atomic mass is 10.1. The number of hydrogen-bond acceptors (Lipinski definition) is 6. The molecular formula is C19H27N3O4S. The van der Waals surface area contributed by atoms with Crippen LogP contribution in [0, 0.1) is 0 Å². The number of anilines is 1. The van der Waals surface area contributed by atoms with Crippen LogP contribution in [0.2, 0.25) is 0 Å². The van der Waals surface area contributed by atoms with E-state index in [9.17, 15) is 9.59 Å². The molecule has 2 N–H and O–H groups in total. The van der Waals surface area contributed by atoms with Crippen LogP contribution in [0.15, 0.2) is 23.1 Å². The summed E-state index contributed by atoms with van der Waals surface area (Å²) in [6, 6.07) is 5.46. The zero-order valence-electron chi connectivity index (χ0n) is 15.8. The number of amides is 2. The number of ether oxygens (including phenoxy) is 2. The maximum absolute atomic E-state index is 12.5. The van der Waals surface area contributed by atoms with Crippen LogP contribution >= 0.6 is 11.8 Å². The normalized spacial score (nSPS) is 20.3. The summed E-state index contributed by atoms with van der Waals surface area (Å²) in [4.78, 5) is 27.9. The highest BCUT2D eigenvalue weighted by Gasteiger charge is 2.33. The van der Waals surface area contributed by atoms with Gasteiger partial charge in [0, 0.05) is 36.7 Å². The highest BCUT2D eigenvalue weighted by molar-refractivity contribution is 8.00. The molecule has 1 aromatic carbocycles. The van der Waals surface area contributed by atoms with Crippen LogP contribution in [0.3, 0.4) is 0 Å². The van der Waals surface area contributed by atoms with Crippen LogP contribution in [0.25, 0.3) is 0 Å². The molecule has 0 radical (unpaired) electrons. The first kappa shape index (κ1) is 20.1. The summed E-state index contributed by atoms with van der Waals surface area (Å²) in [5.41, 5.74) is 1.24. The van der Waals surface area contributed by atoms with Crippen molar-refractivity contribution < 1.29 is 19.1 Å². The Morgan fingerprint density at radius 3 is 2.93 bits per heavy atom. The van der Waals surface area contributed by atoms with Gasteiger partial charge in [-0.25, -0.2) is 0 Å². The molecule has 0 bridgehead atoms. The minimum Gasteiger partial charge on any atom is -0.379 e. The van der Waals surface area contributed by atoms with Crippen molar-refractivity contribution in [3.05, 3.63) is 23.8 Å². The van der Waals surface area contributed by atoms with Gasteiger partial charge in [-0.2, -0.15) is 0 Å². The van der Waals surface area contributed by atoms with E-state index in [1.807, 2.05) is 19.9 Å². The van der Waals surface area contributed by atoms with Gasteiger partial charge >= 0.3 is 0 Å². The first-order valence-electron chi connectivity index (χ1n) is 9.38. The van der Waals surface area contributed by atoms with Crippen LogP contribution < -0.4 is 10.6 Å². The fourth-order valence-electron chi connectivity index (χ4n) is 2.99. The maximum atomic E-state index is 12.5. The topological polar surface area (TPSA) is 79.9 Å². The number of benzene rings is 1. The van der Waals surface area contributed by atoms with Gasteiger partial charge in [0.15, 0.2) is 0 Å². The molecule has 8 heteroatoms. The zero-order chi connectivity index (χ0) is 19.2. The van der Waals surface area contributed by atoms with Crippen LogP contribution in [0.4, 0.5) is 5.69 Å². The van der Waals surface area contributed by atoms with E-state index in [4.69, 9.17) is 9.47 Å². The quantitative estimate of drug-likeness (QED) is 0.689. The third kappa shape index (κ3) is 5.44. The molecule has 148 valence electrons. The smallest absolute Gasteiger partial charge is 0.252 e. The number of hydrogen-bond donors (Lipinski definition) is 2. The Bertz CT molecular complexity index is 677. The van der Waals surface area contributed by atoms with E-state index in [2.05, 4.69) is 15.5 Å². The molecule has 1 atom stereocenters. The summed E-state index contributed by atoms with van der Waals surface area (Å²) < 4.78 is 10.8. The Labute approximate surface area is 164 Å². The Kier molecular flexibility index (Phi) is 7.12. The number of nitrogens with one attached hydrogen (secondary N) is 2. The zero-order valence-corrected chi connectivity index (χ0v) is 16.6. The Hall–Kier alpha value is -1.61. The fraction of sp³-hybridized carbons (Fsp3) is 0.579. The molecule has 2 aliphatic rings. The van der Waals surface area contributed by atoms with Crippen molar-refractivity contribution in [2.75, 3.05) is 44.8 Å². The van der Waals surface area contributed by atoms with Gasteiger partial charge in [-0.05, 0) is 38.5 Å². The molecule has 0 spiro atoms. The predicted octanol–water partition coefficient (Wildman–Crippen LogP) is 1.93. The molecule has 1 fully saturated rings. The van der Waals surface area contributed by atoms with Crippen LogP contribution in [0.1, 0.15) is 30.6 Å². The molecule has 1 aromatic rings. The lowest BCUT2D eigenvalue weighted by Gasteiger charge is -2.35. The molecule has 2 aliphatic heterocycles. The Balaban J connectivity index is 1.56. The summed E-state index contributed by atoms with van der Waals surface area (Å²) in [6.45, 7) is 7.96. The molecule has 1 unspecified atom stereocenters. The van der Waals surface area contributed by atoms with Crippen molar-refractivity contribution in [3.63, 3.8) is 0 Å². The molecule has 7 nitrogen and oxygen atoms in total. The summed E-state index contributed by atoms with van der Waals surface area (Å²) >= 11 is 1.53. The predicted molar refractivity (Wildman–Crippen MR) is 105 cm³/mol. The van der Waals surface area contributed by atoms with E-state index in [-0.39, 0.29) is 23.3 Å². The number of nitrogens with zero attached hydrogens (tertiary/aromatic N) is 1. The average molecular weight is 394 g/mol. The lowest BCUT2D eigenvalue weighted by molar-refractivity contribution is -0.119. The summed E-state index contributed by atoms with van der Waals surface area (Å²) in [5.74, 6) is -0.185. The van der Waals surface area contributed by atoms with Gasteiger partial charge in [-0.1, -0.05) is 11.8 Å².